The molecule has 1 aliphatic carbocycles. The van der Waals surface area contributed by atoms with E-state index in [2.05, 4.69) is 29.6 Å². The lowest BCUT2D eigenvalue weighted by atomic mass is 10.0. The van der Waals surface area contributed by atoms with Crippen LogP contribution in [0.15, 0.2) is 29.2 Å². The maximum Gasteiger partial charge on any atom is 0.0339 e. The van der Waals surface area contributed by atoms with Crippen LogP contribution in [-0.2, 0) is 0 Å². The van der Waals surface area contributed by atoms with Crippen molar-refractivity contribution < 1.29 is 0 Å². The molecule has 1 N–H and O–H groups in total. The number of hydrogen-bond donors (Lipinski definition) is 1. The number of thioether (sulfide) groups is 1. The van der Waals surface area contributed by atoms with Crippen LogP contribution in [0.25, 0.3) is 0 Å². The summed E-state index contributed by atoms with van der Waals surface area (Å²) in [5.74, 6) is 2.73. The lowest BCUT2D eigenvalue weighted by molar-refractivity contribution is 0.479. The van der Waals surface area contributed by atoms with Crippen LogP contribution in [-0.4, -0.2) is 24.2 Å². The van der Waals surface area contributed by atoms with E-state index in [1.165, 1.54) is 35.5 Å². The summed E-state index contributed by atoms with van der Waals surface area (Å²) in [4.78, 5) is 1.48. The number of alkyl halides is 1. The van der Waals surface area contributed by atoms with Gasteiger partial charge in [0.25, 0.3) is 0 Å². The molecule has 0 aromatic heterocycles. The number of fused-ring (bicyclic) bond motifs is 1. The van der Waals surface area contributed by atoms with Crippen LogP contribution in [0.5, 0.6) is 0 Å². The molecular formula is C15H20ClNS. The SMILES string of the molecule is ClC1CCC(CNCC2CSc3ccccc32)C1. The summed E-state index contributed by atoms with van der Waals surface area (Å²) in [5.41, 5.74) is 1.54. The molecule has 98 valence electrons. The normalized spacial score (nSPS) is 30.6. The van der Waals surface area contributed by atoms with E-state index in [1.807, 2.05) is 11.8 Å². The highest BCUT2D eigenvalue weighted by molar-refractivity contribution is 7.99. The molecule has 3 rings (SSSR count). The monoisotopic (exact) mass is 281 g/mol. The summed E-state index contributed by atoms with van der Waals surface area (Å²) in [5, 5.41) is 4.09. The molecule has 1 saturated carbocycles. The van der Waals surface area contributed by atoms with Gasteiger partial charge in [-0.3, -0.25) is 0 Å². The van der Waals surface area contributed by atoms with Crippen molar-refractivity contribution in [3.8, 4) is 0 Å². The lowest BCUT2D eigenvalue weighted by Crippen LogP contribution is -2.26. The van der Waals surface area contributed by atoms with E-state index in [4.69, 9.17) is 11.6 Å². The minimum Gasteiger partial charge on any atom is -0.316 e. The molecule has 3 heteroatoms. The van der Waals surface area contributed by atoms with Gasteiger partial charge in [-0.2, -0.15) is 0 Å². The van der Waals surface area contributed by atoms with E-state index in [9.17, 15) is 0 Å². The van der Waals surface area contributed by atoms with Gasteiger partial charge in [0, 0.05) is 28.5 Å². The Morgan fingerprint density at radius 1 is 1.22 bits per heavy atom. The molecule has 18 heavy (non-hydrogen) atoms. The van der Waals surface area contributed by atoms with Crippen LogP contribution in [0.3, 0.4) is 0 Å². The van der Waals surface area contributed by atoms with Gasteiger partial charge in [-0.05, 0) is 43.4 Å². The van der Waals surface area contributed by atoms with Crippen molar-refractivity contribution in [2.45, 2.75) is 35.5 Å². The molecule has 3 atom stereocenters. The molecule has 0 amide bonds. The number of halogens is 1. The molecule has 0 saturated heterocycles. The van der Waals surface area contributed by atoms with Crippen molar-refractivity contribution in [2.75, 3.05) is 18.8 Å². The molecule has 1 aromatic carbocycles. The largest absolute Gasteiger partial charge is 0.316 e. The third-order valence-electron chi connectivity index (χ3n) is 4.10. The van der Waals surface area contributed by atoms with Crippen LogP contribution in [0.2, 0.25) is 0 Å². The van der Waals surface area contributed by atoms with Crippen molar-refractivity contribution in [3.63, 3.8) is 0 Å². The minimum absolute atomic E-state index is 0.430. The fourth-order valence-electron chi connectivity index (χ4n) is 3.06. The fraction of sp³-hybridized carbons (Fsp3) is 0.600. The Labute approximate surface area is 119 Å². The van der Waals surface area contributed by atoms with E-state index >= 15 is 0 Å². The second-order valence-corrected chi connectivity index (χ2v) is 7.16. The summed E-state index contributed by atoms with van der Waals surface area (Å²) in [6, 6.07) is 8.83. The van der Waals surface area contributed by atoms with Crippen molar-refractivity contribution in [3.05, 3.63) is 29.8 Å². The summed E-state index contributed by atoms with van der Waals surface area (Å²) in [6.45, 7) is 2.26. The first kappa shape index (κ1) is 12.8. The Morgan fingerprint density at radius 3 is 2.94 bits per heavy atom. The third kappa shape index (κ3) is 2.87. The van der Waals surface area contributed by atoms with Gasteiger partial charge < -0.3 is 5.32 Å². The van der Waals surface area contributed by atoms with Crippen molar-refractivity contribution in [1.82, 2.24) is 5.32 Å². The quantitative estimate of drug-likeness (QED) is 0.841. The van der Waals surface area contributed by atoms with Crippen LogP contribution in [0.4, 0.5) is 0 Å². The molecule has 1 fully saturated rings. The Bertz CT molecular complexity index is 409. The van der Waals surface area contributed by atoms with Crippen LogP contribution < -0.4 is 5.32 Å². The zero-order chi connectivity index (χ0) is 12.4. The van der Waals surface area contributed by atoms with E-state index in [0.717, 1.165) is 19.0 Å². The first-order valence-corrected chi connectivity index (χ1v) is 8.31. The number of hydrogen-bond acceptors (Lipinski definition) is 2. The Hall–Kier alpha value is -0.180. The van der Waals surface area contributed by atoms with E-state index in [1.54, 1.807) is 0 Å². The third-order valence-corrected chi connectivity index (χ3v) is 5.75. The van der Waals surface area contributed by atoms with Gasteiger partial charge in [-0.25, -0.2) is 0 Å². The number of benzene rings is 1. The molecule has 0 spiro atoms. The van der Waals surface area contributed by atoms with Crippen molar-refractivity contribution in [1.29, 1.82) is 0 Å². The lowest BCUT2D eigenvalue weighted by Gasteiger charge is -2.15. The van der Waals surface area contributed by atoms with Crippen LogP contribution in [0, 0.1) is 5.92 Å². The molecule has 1 aromatic rings. The number of nitrogens with one attached hydrogen (secondary N) is 1. The summed E-state index contributed by atoms with van der Waals surface area (Å²) in [7, 11) is 0. The highest BCUT2D eigenvalue weighted by Gasteiger charge is 2.25. The standard InChI is InChI=1S/C15H20ClNS/c16-13-6-5-11(7-13)8-17-9-12-10-18-15-4-2-1-3-14(12)15/h1-4,11-13,17H,5-10H2. The van der Waals surface area contributed by atoms with Crippen LogP contribution in [0.1, 0.15) is 30.7 Å². The second kappa shape index (κ2) is 5.85. The predicted molar refractivity (Wildman–Crippen MR) is 79.8 cm³/mol. The maximum atomic E-state index is 6.15. The molecule has 0 radical (unpaired) electrons. The maximum absolute atomic E-state index is 6.15. The Balaban J connectivity index is 1.47. The fourth-order valence-corrected chi connectivity index (χ4v) is 4.69. The molecule has 1 aliphatic heterocycles. The first-order chi connectivity index (χ1) is 8.83. The molecule has 2 aliphatic rings. The Kier molecular flexibility index (Phi) is 4.17. The van der Waals surface area contributed by atoms with Gasteiger partial charge in [0.05, 0.1) is 0 Å². The molecule has 1 nitrogen and oxygen atoms in total. The predicted octanol–water partition coefficient (Wildman–Crippen LogP) is 3.87. The average Bonchev–Trinajstić information content (AvgIpc) is 2.97. The summed E-state index contributed by atoms with van der Waals surface area (Å²) < 4.78 is 0. The first-order valence-electron chi connectivity index (χ1n) is 6.89. The summed E-state index contributed by atoms with van der Waals surface area (Å²) >= 11 is 8.15. The topological polar surface area (TPSA) is 12.0 Å². The zero-order valence-electron chi connectivity index (χ0n) is 10.6. The van der Waals surface area contributed by atoms with Gasteiger partial charge >= 0.3 is 0 Å². The highest BCUT2D eigenvalue weighted by Crippen LogP contribution is 2.38. The average molecular weight is 282 g/mol. The Morgan fingerprint density at radius 2 is 2.11 bits per heavy atom. The van der Waals surface area contributed by atoms with Crippen molar-refractivity contribution >= 4 is 23.4 Å². The van der Waals surface area contributed by atoms with E-state index in [0.29, 0.717) is 11.3 Å². The molecule has 0 bridgehead atoms. The molecular weight excluding hydrogens is 262 g/mol. The summed E-state index contributed by atoms with van der Waals surface area (Å²) in [6.07, 6.45) is 3.71. The molecule has 3 unspecified atom stereocenters. The van der Waals surface area contributed by atoms with Gasteiger partial charge in [0.15, 0.2) is 0 Å². The van der Waals surface area contributed by atoms with Crippen LogP contribution >= 0.6 is 23.4 Å². The van der Waals surface area contributed by atoms with E-state index < -0.39 is 0 Å². The van der Waals surface area contributed by atoms with Gasteiger partial charge in [0.1, 0.15) is 0 Å². The second-order valence-electron chi connectivity index (χ2n) is 5.48. The smallest absolute Gasteiger partial charge is 0.0339 e. The van der Waals surface area contributed by atoms with Crippen molar-refractivity contribution in [2.24, 2.45) is 5.92 Å². The minimum atomic E-state index is 0.430. The molecule has 1 heterocycles. The van der Waals surface area contributed by atoms with Gasteiger partial charge in [0.2, 0.25) is 0 Å². The highest BCUT2D eigenvalue weighted by atomic mass is 35.5. The van der Waals surface area contributed by atoms with Gasteiger partial charge in [-0.1, -0.05) is 18.2 Å². The van der Waals surface area contributed by atoms with Gasteiger partial charge in [-0.15, -0.1) is 23.4 Å². The van der Waals surface area contributed by atoms with E-state index in [-0.39, 0.29) is 0 Å². The zero-order valence-corrected chi connectivity index (χ0v) is 12.1. The number of rotatable bonds is 4.